The zero-order valence-electron chi connectivity index (χ0n) is 9.66. The third-order valence-electron chi connectivity index (χ3n) is 2.49. The molecule has 0 fully saturated rings. The second-order valence-corrected chi connectivity index (χ2v) is 4.61. The minimum absolute atomic E-state index is 0.404. The molecule has 4 nitrogen and oxygen atoms in total. The highest BCUT2D eigenvalue weighted by Gasteiger charge is 2.23. The summed E-state index contributed by atoms with van der Waals surface area (Å²) in [6, 6.07) is -0.599. The molecule has 0 aromatic rings. The van der Waals surface area contributed by atoms with Gasteiger partial charge < -0.3 is 15.6 Å². The Balaban J connectivity index is 3.83. The van der Waals surface area contributed by atoms with E-state index in [1.165, 1.54) is 18.9 Å². The Morgan fingerprint density at radius 2 is 2.07 bits per heavy atom. The van der Waals surface area contributed by atoms with E-state index in [1.54, 1.807) is 0 Å². The third kappa shape index (κ3) is 5.39. The largest absolute Gasteiger partial charge is 0.468 e. The van der Waals surface area contributed by atoms with Crippen LogP contribution in [0, 0.1) is 0 Å². The fourth-order valence-electron chi connectivity index (χ4n) is 1.05. The first kappa shape index (κ1) is 14.7. The van der Waals surface area contributed by atoms with Crippen LogP contribution in [-0.2, 0) is 9.53 Å². The van der Waals surface area contributed by atoms with Crippen LogP contribution in [0.4, 0.5) is 0 Å². The number of carbonyl (C=O) groups is 1. The predicted molar refractivity (Wildman–Crippen MR) is 62.8 cm³/mol. The van der Waals surface area contributed by atoms with Crippen LogP contribution < -0.4 is 5.73 Å². The van der Waals surface area contributed by atoms with Crippen LogP contribution in [0.3, 0.4) is 0 Å². The lowest BCUT2D eigenvalue weighted by atomic mass is 10.0. The molecule has 90 valence electrons. The van der Waals surface area contributed by atoms with Gasteiger partial charge in [-0.25, -0.2) is 0 Å². The summed E-state index contributed by atoms with van der Waals surface area (Å²) in [5.74, 6) is 0.679. The average molecular weight is 235 g/mol. The SMILES string of the molecule is CCC(O)(CC)CSCC(N)C(=O)OC. The van der Waals surface area contributed by atoms with E-state index >= 15 is 0 Å². The van der Waals surface area contributed by atoms with Crippen LogP contribution in [0.1, 0.15) is 26.7 Å². The quantitative estimate of drug-likeness (QED) is 0.638. The number of nitrogens with two attached hydrogens (primary N) is 1. The van der Waals surface area contributed by atoms with Gasteiger partial charge in [-0.15, -0.1) is 0 Å². The fourth-order valence-corrected chi connectivity index (χ4v) is 2.35. The van der Waals surface area contributed by atoms with Crippen LogP contribution in [0.5, 0.6) is 0 Å². The van der Waals surface area contributed by atoms with E-state index in [0.717, 1.165) is 0 Å². The van der Waals surface area contributed by atoms with Crippen LogP contribution >= 0.6 is 11.8 Å². The highest BCUT2D eigenvalue weighted by Crippen LogP contribution is 2.21. The molecule has 0 spiro atoms. The van der Waals surface area contributed by atoms with E-state index < -0.39 is 17.6 Å². The van der Waals surface area contributed by atoms with Gasteiger partial charge in [0.1, 0.15) is 6.04 Å². The molecule has 1 atom stereocenters. The maximum absolute atomic E-state index is 11.0. The van der Waals surface area contributed by atoms with Crippen molar-refractivity contribution in [1.29, 1.82) is 0 Å². The second kappa shape index (κ2) is 7.09. The van der Waals surface area contributed by atoms with Crippen LogP contribution in [0.2, 0.25) is 0 Å². The van der Waals surface area contributed by atoms with E-state index in [4.69, 9.17) is 5.73 Å². The first-order valence-electron chi connectivity index (χ1n) is 5.12. The molecule has 0 aliphatic heterocycles. The summed E-state index contributed by atoms with van der Waals surface area (Å²) in [7, 11) is 1.32. The maximum Gasteiger partial charge on any atom is 0.323 e. The summed E-state index contributed by atoms with van der Waals surface area (Å²) in [6.45, 7) is 3.90. The van der Waals surface area contributed by atoms with Gasteiger partial charge in [0, 0.05) is 11.5 Å². The van der Waals surface area contributed by atoms with Crippen molar-refractivity contribution >= 4 is 17.7 Å². The van der Waals surface area contributed by atoms with E-state index in [-0.39, 0.29) is 0 Å². The summed E-state index contributed by atoms with van der Waals surface area (Å²) in [5.41, 5.74) is 4.92. The van der Waals surface area contributed by atoms with E-state index in [9.17, 15) is 9.90 Å². The molecule has 0 aliphatic carbocycles. The lowest BCUT2D eigenvalue weighted by molar-refractivity contribution is -0.141. The van der Waals surface area contributed by atoms with Crippen molar-refractivity contribution in [2.24, 2.45) is 5.73 Å². The van der Waals surface area contributed by atoms with Gasteiger partial charge >= 0.3 is 5.97 Å². The van der Waals surface area contributed by atoms with Gasteiger partial charge in [0.05, 0.1) is 12.7 Å². The van der Waals surface area contributed by atoms with Crippen LogP contribution in [0.15, 0.2) is 0 Å². The van der Waals surface area contributed by atoms with Crippen LogP contribution in [0.25, 0.3) is 0 Å². The van der Waals surface area contributed by atoms with Gasteiger partial charge in [0.15, 0.2) is 0 Å². The number of rotatable bonds is 7. The molecule has 0 aromatic carbocycles. The number of thioether (sulfide) groups is 1. The first-order valence-corrected chi connectivity index (χ1v) is 6.28. The molecule has 0 saturated carbocycles. The highest BCUT2D eigenvalue weighted by atomic mass is 32.2. The van der Waals surface area contributed by atoms with E-state index in [2.05, 4.69) is 4.74 Å². The Hall–Kier alpha value is -0.260. The standard InChI is InChI=1S/C10H21NO3S/c1-4-10(13,5-2)7-15-6-8(11)9(12)14-3/h8,13H,4-7,11H2,1-3H3. The molecule has 15 heavy (non-hydrogen) atoms. The van der Waals surface area contributed by atoms with Crippen molar-refractivity contribution in [3.8, 4) is 0 Å². The van der Waals surface area contributed by atoms with Crippen molar-refractivity contribution in [2.45, 2.75) is 38.3 Å². The molecule has 0 aliphatic rings. The minimum Gasteiger partial charge on any atom is -0.468 e. The first-order chi connectivity index (χ1) is 6.99. The maximum atomic E-state index is 11.0. The lowest BCUT2D eigenvalue weighted by Gasteiger charge is -2.24. The molecule has 0 amide bonds. The summed E-state index contributed by atoms with van der Waals surface area (Å²) in [5, 5.41) is 9.96. The Bertz CT molecular complexity index is 195. The lowest BCUT2D eigenvalue weighted by Crippen LogP contribution is -2.36. The molecule has 3 N–H and O–H groups in total. The normalized spacial score (nSPS) is 13.7. The van der Waals surface area contributed by atoms with Gasteiger partial charge in [-0.3, -0.25) is 4.79 Å². The van der Waals surface area contributed by atoms with Crippen molar-refractivity contribution in [1.82, 2.24) is 0 Å². The monoisotopic (exact) mass is 235 g/mol. The molecular formula is C10H21NO3S. The molecule has 5 heteroatoms. The smallest absolute Gasteiger partial charge is 0.323 e. The zero-order valence-corrected chi connectivity index (χ0v) is 10.5. The number of hydrogen-bond acceptors (Lipinski definition) is 5. The summed E-state index contributed by atoms with van der Waals surface area (Å²) in [6.07, 6.45) is 1.42. The van der Waals surface area contributed by atoms with E-state index in [0.29, 0.717) is 24.3 Å². The number of esters is 1. The topological polar surface area (TPSA) is 72.5 Å². The molecule has 0 heterocycles. The third-order valence-corrected chi connectivity index (χ3v) is 3.82. The van der Waals surface area contributed by atoms with Gasteiger partial charge in [0.25, 0.3) is 0 Å². The number of methoxy groups -OCH3 is 1. The Labute approximate surface area is 95.6 Å². The number of ether oxygens (including phenoxy) is 1. The predicted octanol–water partition coefficient (Wildman–Crippen LogP) is 0.771. The summed E-state index contributed by atoms with van der Waals surface area (Å²) in [4.78, 5) is 11.0. The molecule has 0 bridgehead atoms. The number of aliphatic hydroxyl groups is 1. The van der Waals surface area contributed by atoms with E-state index in [1.807, 2.05) is 13.8 Å². The van der Waals surface area contributed by atoms with Crippen molar-refractivity contribution in [3.05, 3.63) is 0 Å². The second-order valence-electron chi connectivity index (χ2n) is 3.58. The molecule has 1 unspecified atom stereocenters. The van der Waals surface area contributed by atoms with Gasteiger partial charge in [-0.1, -0.05) is 13.8 Å². The summed E-state index contributed by atoms with van der Waals surface area (Å²) >= 11 is 1.49. The number of carbonyl (C=O) groups excluding carboxylic acids is 1. The average Bonchev–Trinajstić information content (AvgIpc) is 2.27. The Morgan fingerprint density at radius 1 is 1.53 bits per heavy atom. The van der Waals surface area contributed by atoms with Crippen molar-refractivity contribution < 1.29 is 14.6 Å². The highest BCUT2D eigenvalue weighted by molar-refractivity contribution is 7.99. The Morgan fingerprint density at radius 3 is 2.47 bits per heavy atom. The molecule has 0 rings (SSSR count). The summed E-state index contributed by atoms with van der Waals surface area (Å²) < 4.78 is 4.51. The molecule has 0 radical (unpaired) electrons. The van der Waals surface area contributed by atoms with Crippen molar-refractivity contribution in [3.63, 3.8) is 0 Å². The number of hydrogen-bond donors (Lipinski definition) is 2. The molecule has 0 aromatic heterocycles. The fraction of sp³-hybridized carbons (Fsp3) is 0.900. The van der Waals surface area contributed by atoms with Gasteiger partial charge in [-0.2, -0.15) is 11.8 Å². The van der Waals surface area contributed by atoms with Crippen LogP contribution in [-0.4, -0.2) is 41.3 Å². The zero-order chi connectivity index (χ0) is 11.9. The minimum atomic E-state index is -0.638. The Kier molecular flexibility index (Phi) is 6.96. The van der Waals surface area contributed by atoms with Gasteiger partial charge in [0.2, 0.25) is 0 Å². The molecule has 0 saturated heterocycles. The van der Waals surface area contributed by atoms with Gasteiger partial charge in [-0.05, 0) is 12.8 Å². The van der Waals surface area contributed by atoms with Crippen molar-refractivity contribution in [2.75, 3.05) is 18.6 Å². The molecular weight excluding hydrogens is 214 g/mol.